The fourth-order valence-corrected chi connectivity index (χ4v) is 2.13. The molecule has 1 aromatic carbocycles. The zero-order valence-electron chi connectivity index (χ0n) is 14.1. The molecule has 1 aliphatic heterocycles. The zero-order valence-corrected chi connectivity index (χ0v) is 14.1. The van der Waals surface area contributed by atoms with Crippen LogP contribution in [0.2, 0.25) is 0 Å². The Morgan fingerprint density at radius 2 is 1.96 bits per heavy atom. The van der Waals surface area contributed by atoms with Crippen LogP contribution in [0, 0.1) is 0 Å². The van der Waals surface area contributed by atoms with Crippen molar-refractivity contribution in [1.82, 2.24) is 5.32 Å². The predicted molar refractivity (Wildman–Crippen MR) is 88.8 cm³/mol. The molecule has 1 aromatic rings. The van der Waals surface area contributed by atoms with Gasteiger partial charge in [0, 0.05) is 5.69 Å². The van der Waals surface area contributed by atoms with Crippen LogP contribution < -0.4 is 15.4 Å². The van der Waals surface area contributed by atoms with Crippen LogP contribution in [0.4, 0.5) is 10.5 Å². The number of carbonyl (C=O) groups is 1. The first-order valence-corrected chi connectivity index (χ1v) is 8.10. The van der Waals surface area contributed by atoms with Gasteiger partial charge in [0.25, 0.3) is 0 Å². The van der Waals surface area contributed by atoms with Crippen LogP contribution in [0.1, 0.15) is 33.6 Å². The molecular weight excluding hydrogens is 296 g/mol. The summed E-state index contributed by atoms with van der Waals surface area (Å²) in [5.74, 6) is 0.0469. The minimum Gasteiger partial charge on any atom is -0.491 e. The minimum absolute atomic E-state index is 0.174. The molecule has 0 radical (unpaired) electrons. The second-order valence-corrected chi connectivity index (χ2v) is 5.85. The number of urea groups is 1. The van der Waals surface area contributed by atoms with Crippen LogP contribution in [0.15, 0.2) is 24.3 Å². The Labute approximate surface area is 137 Å². The quantitative estimate of drug-likeness (QED) is 0.844. The van der Waals surface area contributed by atoms with E-state index in [1.165, 1.54) is 0 Å². The molecule has 1 fully saturated rings. The van der Waals surface area contributed by atoms with Crippen molar-refractivity contribution in [1.29, 1.82) is 0 Å². The molecule has 2 rings (SSSR count). The van der Waals surface area contributed by atoms with Gasteiger partial charge in [-0.25, -0.2) is 4.79 Å². The fourth-order valence-electron chi connectivity index (χ4n) is 2.13. The van der Waals surface area contributed by atoms with Crippen molar-refractivity contribution < 1.29 is 19.0 Å². The summed E-state index contributed by atoms with van der Waals surface area (Å²) < 4.78 is 16.8. The predicted octanol–water partition coefficient (Wildman–Crippen LogP) is 3.14. The molecule has 0 spiro atoms. The summed E-state index contributed by atoms with van der Waals surface area (Å²) in [4.78, 5) is 11.9. The first kappa shape index (κ1) is 17.6. The highest BCUT2D eigenvalue weighted by atomic mass is 16.7. The molecule has 0 aromatic heterocycles. The maximum absolute atomic E-state index is 11.9. The zero-order chi connectivity index (χ0) is 16.7. The summed E-state index contributed by atoms with van der Waals surface area (Å²) >= 11 is 0. The Balaban J connectivity index is 1.78. The van der Waals surface area contributed by atoms with Gasteiger partial charge >= 0.3 is 6.03 Å². The van der Waals surface area contributed by atoms with Gasteiger partial charge in [-0.05, 0) is 51.0 Å². The highest BCUT2D eigenvalue weighted by Crippen LogP contribution is 2.18. The van der Waals surface area contributed by atoms with E-state index in [2.05, 4.69) is 17.6 Å². The Kier molecular flexibility index (Phi) is 6.24. The largest absolute Gasteiger partial charge is 0.491 e. The Hall–Kier alpha value is -1.79. The summed E-state index contributed by atoms with van der Waals surface area (Å²) in [7, 11) is 0. The summed E-state index contributed by atoms with van der Waals surface area (Å²) in [5, 5.41) is 5.54. The van der Waals surface area contributed by atoms with Gasteiger partial charge in [-0.2, -0.15) is 0 Å². The van der Waals surface area contributed by atoms with Crippen LogP contribution >= 0.6 is 0 Å². The molecule has 1 aliphatic rings. The molecule has 6 heteroatoms. The van der Waals surface area contributed by atoms with E-state index >= 15 is 0 Å². The maximum atomic E-state index is 11.9. The SMILES string of the molecule is CC[C@H](C)Oc1ccc(NC(=O)NCC2(C)OCCCO2)cc1. The lowest BCUT2D eigenvalue weighted by Crippen LogP contribution is -2.48. The molecule has 6 nitrogen and oxygen atoms in total. The Bertz CT molecular complexity index is 498. The van der Waals surface area contributed by atoms with Crippen LogP contribution in [-0.4, -0.2) is 37.7 Å². The third kappa shape index (κ3) is 5.73. The number of nitrogens with one attached hydrogen (secondary N) is 2. The number of rotatable bonds is 6. The number of carbonyl (C=O) groups excluding carboxylic acids is 1. The molecule has 1 saturated heterocycles. The lowest BCUT2D eigenvalue weighted by Gasteiger charge is -2.33. The summed E-state index contributed by atoms with van der Waals surface area (Å²) in [5.41, 5.74) is 0.703. The van der Waals surface area contributed by atoms with E-state index in [-0.39, 0.29) is 12.1 Å². The topological polar surface area (TPSA) is 68.8 Å². The average molecular weight is 322 g/mol. The van der Waals surface area contributed by atoms with Crippen LogP contribution in [0.3, 0.4) is 0 Å². The van der Waals surface area contributed by atoms with Crippen LogP contribution in [-0.2, 0) is 9.47 Å². The highest BCUT2D eigenvalue weighted by Gasteiger charge is 2.29. The molecular formula is C17H26N2O4. The van der Waals surface area contributed by atoms with Crippen LogP contribution in [0.25, 0.3) is 0 Å². The lowest BCUT2D eigenvalue weighted by molar-refractivity contribution is -0.250. The number of ether oxygens (including phenoxy) is 3. The van der Waals surface area contributed by atoms with Gasteiger partial charge in [0.15, 0.2) is 5.79 Å². The molecule has 0 saturated carbocycles. The highest BCUT2D eigenvalue weighted by molar-refractivity contribution is 5.89. The number of benzene rings is 1. The Morgan fingerprint density at radius 3 is 2.57 bits per heavy atom. The second kappa shape index (κ2) is 8.17. The van der Waals surface area contributed by atoms with E-state index in [4.69, 9.17) is 14.2 Å². The van der Waals surface area contributed by atoms with E-state index in [1.54, 1.807) is 0 Å². The standard InChI is InChI=1S/C17H26N2O4/c1-4-13(2)23-15-8-6-14(7-9-15)19-16(20)18-12-17(3)21-10-5-11-22-17/h6-9,13H,4-5,10-12H2,1-3H3,(H2,18,19,20)/t13-/m0/s1. The monoisotopic (exact) mass is 322 g/mol. The summed E-state index contributed by atoms with van der Waals surface area (Å²) in [6.45, 7) is 7.52. The fraction of sp³-hybridized carbons (Fsp3) is 0.588. The number of amides is 2. The van der Waals surface area contributed by atoms with Gasteiger partial charge in [0.1, 0.15) is 5.75 Å². The van der Waals surface area contributed by atoms with Crippen molar-refractivity contribution in [3.05, 3.63) is 24.3 Å². The van der Waals surface area contributed by atoms with Crippen molar-refractivity contribution in [3.63, 3.8) is 0 Å². The van der Waals surface area contributed by atoms with Crippen molar-refractivity contribution in [2.75, 3.05) is 25.1 Å². The molecule has 128 valence electrons. The van der Waals surface area contributed by atoms with Gasteiger partial charge < -0.3 is 24.8 Å². The summed E-state index contributed by atoms with van der Waals surface area (Å²) in [6.07, 6.45) is 2.01. The van der Waals surface area contributed by atoms with Crippen molar-refractivity contribution in [3.8, 4) is 5.75 Å². The van der Waals surface area contributed by atoms with Crippen molar-refractivity contribution >= 4 is 11.7 Å². The van der Waals surface area contributed by atoms with Gasteiger partial charge in [0.05, 0.1) is 25.9 Å². The van der Waals surface area contributed by atoms with Gasteiger partial charge in [-0.1, -0.05) is 6.92 Å². The van der Waals surface area contributed by atoms with Crippen molar-refractivity contribution in [2.24, 2.45) is 0 Å². The van der Waals surface area contributed by atoms with E-state index in [0.29, 0.717) is 25.4 Å². The van der Waals surface area contributed by atoms with Gasteiger partial charge in [0.2, 0.25) is 0 Å². The van der Waals surface area contributed by atoms with Crippen molar-refractivity contribution in [2.45, 2.75) is 45.5 Å². The van der Waals surface area contributed by atoms with Crippen LogP contribution in [0.5, 0.6) is 5.75 Å². The Morgan fingerprint density at radius 1 is 1.30 bits per heavy atom. The van der Waals surface area contributed by atoms with Gasteiger partial charge in [-0.3, -0.25) is 0 Å². The molecule has 2 N–H and O–H groups in total. The number of anilines is 1. The van der Waals surface area contributed by atoms with E-state index < -0.39 is 5.79 Å². The molecule has 0 unspecified atom stereocenters. The molecule has 0 aliphatic carbocycles. The van der Waals surface area contributed by atoms with E-state index in [9.17, 15) is 4.79 Å². The third-order valence-electron chi connectivity index (χ3n) is 3.70. The summed E-state index contributed by atoms with van der Waals surface area (Å²) in [6, 6.07) is 7.02. The van der Waals surface area contributed by atoms with E-state index in [0.717, 1.165) is 18.6 Å². The minimum atomic E-state index is -0.746. The average Bonchev–Trinajstić information content (AvgIpc) is 2.55. The number of hydrogen-bond donors (Lipinski definition) is 2. The van der Waals surface area contributed by atoms with E-state index in [1.807, 2.05) is 38.1 Å². The molecule has 1 heterocycles. The molecule has 23 heavy (non-hydrogen) atoms. The smallest absolute Gasteiger partial charge is 0.319 e. The normalized spacial score (nSPS) is 18.0. The second-order valence-electron chi connectivity index (χ2n) is 5.85. The lowest BCUT2D eigenvalue weighted by atomic mass is 10.2. The molecule has 2 amide bonds. The maximum Gasteiger partial charge on any atom is 0.319 e. The first-order valence-electron chi connectivity index (χ1n) is 8.10. The molecule has 1 atom stereocenters. The third-order valence-corrected chi connectivity index (χ3v) is 3.70. The van der Waals surface area contributed by atoms with Gasteiger partial charge in [-0.15, -0.1) is 0 Å². The number of hydrogen-bond acceptors (Lipinski definition) is 4. The first-order chi connectivity index (χ1) is 11.0. The molecule has 0 bridgehead atoms.